The lowest BCUT2D eigenvalue weighted by atomic mass is 10.1. The molecule has 2 N–H and O–H groups in total. The summed E-state index contributed by atoms with van der Waals surface area (Å²) in [6.07, 6.45) is 7.81. The van der Waals surface area contributed by atoms with Gasteiger partial charge in [0.2, 0.25) is 0 Å². The molecule has 0 saturated carbocycles. The standard InChI is InChI=1S/C20H31N5O.HI/c1-5-17(3)26-19-13-16(2)7-8-18(19)14-24-20(21-4)23-9-6-11-25-12-10-22-15-25;/h7-8,10,12-13,15,17H,5-6,9,11,14H2,1-4H3,(H2,21,23,24);1H. The zero-order chi connectivity index (χ0) is 18.8. The van der Waals surface area contributed by atoms with Gasteiger partial charge in [-0.3, -0.25) is 4.99 Å². The van der Waals surface area contributed by atoms with Gasteiger partial charge in [0.1, 0.15) is 5.75 Å². The Hall–Kier alpha value is -1.77. The van der Waals surface area contributed by atoms with Crippen LogP contribution in [0.2, 0.25) is 0 Å². The third-order valence-electron chi connectivity index (χ3n) is 4.24. The van der Waals surface area contributed by atoms with Crippen LogP contribution in [0.4, 0.5) is 0 Å². The van der Waals surface area contributed by atoms with Crippen LogP contribution >= 0.6 is 24.0 Å². The van der Waals surface area contributed by atoms with Crippen molar-refractivity contribution < 1.29 is 4.74 Å². The summed E-state index contributed by atoms with van der Waals surface area (Å²) in [5.74, 6) is 1.74. The number of halogens is 1. The Kier molecular flexibility index (Phi) is 10.8. The molecule has 0 radical (unpaired) electrons. The topological polar surface area (TPSA) is 63.5 Å². The third kappa shape index (κ3) is 8.19. The molecule has 0 aliphatic heterocycles. The minimum absolute atomic E-state index is 0. The van der Waals surface area contributed by atoms with Crippen molar-refractivity contribution in [2.45, 2.75) is 52.8 Å². The predicted octanol–water partition coefficient (Wildman–Crippen LogP) is 3.74. The fraction of sp³-hybridized carbons (Fsp3) is 0.500. The highest BCUT2D eigenvalue weighted by Crippen LogP contribution is 2.22. The van der Waals surface area contributed by atoms with Crippen LogP contribution < -0.4 is 15.4 Å². The molecule has 0 aliphatic rings. The number of ether oxygens (including phenoxy) is 1. The van der Waals surface area contributed by atoms with Gasteiger partial charge in [-0.25, -0.2) is 4.98 Å². The number of nitrogens with zero attached hydrogens (tertiary/aromatic N) is 3. The molecule has 0 saturated heterocycles. The van der Waals surface area contributed by atoms with Crippen LogP contribution in [0.25, 0.3) is 0 Å². The van der Waals surface area contributed by atoms with Gasteiger partial charge in [-0.05, 0) is 38.3 Å². The molecule has 7 heteroatoms. The highest BCUT2D eigenvalue weighted by atomic mass is 127. The number of imidazole rings is 1. The molecule has 0 amide bonds. The largest absolute Gasteiger partial charge is 0.490 e. The summed E-state index contributed by atoms with van der Waals surface area (Å²) in [5, 5.41) is 6.72. The molecule has 0 aliphatic carbocycles. The Balaban J connectivity index is 0.00000364. The summed E-state index contributed by atoms with van der Waals surface area (Å²) in [4.78, 5) is 8.35. The molecule has 1 heterocycles. The maximum absolute atomic E-state index is 6.07. The minimum atomic E-state index is 0. The van der Waals surface area contributed by atoms with E-state index in [-0.39, 0.29) is 30.1 Å². The smallest absolute Gasteiger partial charge is 0.191 e. The fourth-order valence-electron chi connectivity index (χ4n) is 2.50. The number of hydrogen-bond acceptors (Lipinski definition) is 3. The fourth-order valence-corrected chi connectivity index (χ4v) is 2.50. The molecule has 2 rings (SSSR count). The highest BCUT2D eigenvalue weighted by molar-refractivity contribution is 14.0. The number of rotatable bonds is 9. The molecule has 1 unspecified atom stereocenters. The van der Waals surface area contributed by atoms with Crippen LogP contribution in [0.15, 0.2) is 41.9 Å². The lowest BCUT2D eigenvalue weighted by molar-refractivity contribution is 0.215. The monoisotopic (exact) mass is 485 g/mol. The average Bonchev–Trinajstić information content (AvgIpc) is 3.15. The minimum Gasteiger partial charge on any atom is -0.490 e. The number of nitrogens with one attached hydrogen (secondary N) is 2. The van der Waals surface area contributed by atoms with Crippen LogP contribution in [0.1, 0.15) is 37.8 Å². The lowest BCUT2D eigenvalue weighted by Crippen LogP contribution is -2.37. The summed E-state index contributed by atoms with van der Waals surface area (Å²) < 4.78 is 8.14. The van der Waals surface area contributed by atoms with E-state index in [2.05, 4.69) is 64.1 Å². The van der Waals surface area contributed by atoms with Crippen LogP contribution in [-0.2, 0) is 13.1 Å². The van der Waals surface area contributed by atoms with Crippen molar-refractivity contribution in [3.8, 4) is 5.75 Å². The molecule has 1 atom stereocenters. The molecular weight excluding hydrogens is 453 g/mol. The maximum atomic E-state index is 6.07. The van der Waals surface area contributed by atoms with Gasteiger partial charge in [-0.1, -0.05) is 19.1 Å². The number of aliphatic imine (C=N–C) groups is 1. The molecule has 2 aromatic rings. The van der Waals surface area contributed by atoms with Gasteiger partial charge in [-0.2, -0.15) is 0 Å². The quantitative estimate of drug-likeness (QED) is 0.246. The van der Waals surface area contributed by atoms with E-state index in [1.807, 2.05) is 12.5 Å². The summed E-state index contributed by atoms with van der Waals surface area (Å²) in [7, 11) is 1.79. The van der Waals surface area contributed by atoms with E-state index in [9.17, 15) is 0 Å². The molecule has 0 fully saturated rings. The summed E-state index contributed by atoms with van der Waals surface area (Å²) >= 11 is 0. The van der Waals surface area contributed by atoms with E-state index < -0.39 is 0 Å². The Morgan fingerprint density at radius 1 is 1.33 bits per heavy atom. The van der Waals surface area contributed by atoms with Gasteiger partial charge in [0.25, 0.3) is 0 Å². The van der Waals surface area contributed by atoms with Gasteiger partial charge in [0.05, 0.1) is 12.4 Å². The zero-order valence-electron chi connectivity index (χ0n) is 16.7. The van der Waals surface area contributed by atoms with Crippen LogP contribution in [-0.4, -0.2) is 35.2 Å². The van der Waals surface area contributed by atoms with Crippen molar-refractivity contribution in [3.63, 3.8) is 0 Å². The van der Waals surface area contributed by atoms with Gasteiger partial charge < -0.3 is 19.9 Å². The Morgan fingerprint density at radius 3 is 2.81 bits per heavy atom. The molecule has 1 aromatic carbocycles. The molecular formula is C20H32IN5O. The van der Waals surface area contributed by atoms with Crippen LogP contribution in [0, 0.1) is 6.92 Å². The first kappa shape index (κ1) is 23.3. The maximum Gasteiger partial charge on any atom is 0.191 e. The average molecular weight is 485 g/mol. The van der Waals surface area contributed by atoms with Crippen molar-refractivity contribution in [2.75, 3.05) is 13.6 Å². The lowest BCUT2D eigenvalue weighted by Gasteiger charge is -2.18. The first-order valence-electron chi connectivity index (χ1n) is 9.28. The molecule has 27 heavy (non-hydrogen) atoms. The number of guanidine groups is 1. The normalized spacial score (nSPS) is 12.2. The van der Waals surface area contributed by atoms with E-state index >= 15 is 0 Å². The second-order valence-electron chi connectivity index (χ2n) is 6.45. The van der Waals surface area contributed by atoms with Gasteiger partial charge in [0.15, 0.2) is 5.96 Å². The van der Waals surface area contributed by atoms with E-state index in [1.165, 1.54) is 5.56 Å². The Bertz CT molecular complexity index is 688. The van der Waals surface area contributed by atoms with Gasteiger partial charge in [-0.15, -0.1) is 24.0 Å². The summed E-state index contributed by atoms with van der Waals surface area (Å²) in [5.41, 5.74) is 2.34. The number of benzene rings is 1. The second-order valence-corrected chi connectivity index (χ2v) is 6.45. The van der Waals surface area contributed by atoms with Crippen LogP contribution in [0.5, 0.6) is 5.75 Å². The molecule has 1 aromatic heterocycles. The molecule has 0 spiro atoms. The highest BCUT2D eigenvalue weighted by Gasteiger charge is 2.08. The van der Waals surface area contributed by atoms with Gasteiger partial charge >= 0.3 is 0 Å². The van der Waals surface area contributed by atoms with E-state index in [0.717, 1.165) is 43.2 Å². The number of aromatic nitrogens is 2. The van der Waals surface area contributed by atoms with Crippen molar-refractivity contribution in [3.05, 3.63) is 48.0 Å². The van der Waals surface area contributed by atoms with E-state index in [0.29, 0.717) is 6.54 Å². The van der Waals surface area contributed by atoms with Crippen LogP contribution in [0.3, 0.4) is 0 Å². The van der Waals surface area contributed by atoms with Gasteiger partial charge in [0, 0.05) is 44.6 Å². The van der Waals surface area contributed by atoms with Crippen molar-refractivity contribution in [1.29, 1.82) is 0 Å². The van der Waals surface area contributed by atoms with E-state index in [4.69, 9.17) is 4.74 Å². The zero-order valence-corrected chi connectivity index (χ0v) is 19.1. The molecule has 0 bridgehead atoms. The SMILES string of the molecule is CCC(C)Oc1cc(C)ccc1CNC(=NC)NCCCn1ccnc1.I. The second kappa shape index (κ2) is 12.6. The third-order valence-corrected chi connectivity index (χ3v) is 4.24. The number of aryl methyl sites for hydroxylation is 2. The Morgan fingerprint density at radius 2 is 2.15 bits per heavy atom. The Labute approximate surface area is 179 Å². The summed E-state index contributed by atoms with van der Waals surface area (Å²) in [6, 6.07) is 6.33. The molecule has 150 valence electrons. The summed E-state index contributed by atoms with van der Waals surface area (Å²) in [6.45, 7) is 8.78. The van der Waals surface area contributed by atoms with Crippen molar-refractivity contribution >= 4 is 29.9 Å². The first-order valence-corrected chi connectivity index (χ1v) is 9.28. The predicted molar refractivity (Wildman–Crippen MR) is 122 cm³/mol. The number of hydrogen-bond donors (Lipinski definition) is 2. The molecule has 6 nitrogen and oxygen atoms in total. The van der Waals surface area contributed by atoms with Crippen molar-refractivity contribution in [2.24, 2.45) is 4.99 Å². The van der Waals surface area contributed by atoms with Crippen molar-refractivity contribution in [1.82, 2.24) is 20.2 Å². The van der Waals surface area contributed by atoms with E-state index in [1.54, 1.807) is 13.2 Å². The first-order chi connectivity index (χ1) is 12.6.